The SMILES string of the molecule is CCCCCCCCCCCCCCCCCC1N(CC)C=CN1CCCCCCCCCCCC. The molecule has 2 nitrogen and oxygen atoms in total. The Bertz CT molecular complexity index is 460. The molecule has 1 rings (SSSR count). The van der Waals surface area contributed by atoms with E-state index in [4.69, 9.17) is 0 Å². The Balaban J connectivity index is 1.95. The quantitative estimate of drug-likeness (QED) is 0.0977. The molecule has 0 aromatic rings. The minimum absolute atomic E-state index is 0.635. The molecule has 1 aliphatic heterocycles. The lowest BCUT2D eigenvalue weighted by Gasteiger charge is -2.32. The fourth-order valence-electron chi connectivity index (χ4n) is 5.91. The normalized spacial score (nSPS) is 15.5. The molecule has 1 heterocycles. The van der Waals surface area contributed by atoms with E-state index in [0.717, 1.165) is 6.54 Å². The fourth-order valence-corrected chi connectivity index (χ4v) is 5.91. The Hall–Kier alpha value is -0.660. The summed E-state index contributed by atoms with van der Waals surface area (Å²) in [7, 11) is 0. The summed E-state index contributed by atoms with van der Waals surface area (Å²) in [6, 6.07) is 0. The highest BCUT2D eigenvalue weighted by molar-refractivity contribution is 4.96. The molecule has 36 heavy (non-hydrogen) atoms. The van der Waals surface area contributed by atoms with E-state index in [1.54, 1.807) is 0 Å². The summed E-state index contributed by atoms with van der Waals surface area (Å²) in [4.78, 5) is 5.22. The van der Waals surface area contributed by atoms with Crippen LogP contribution in [0, 0.1) is 0 Å². The average molecular weight is 505 g/mol. The van der Waals surface area contributed by atoms with Crippen molar-refractivity contribution in [3.05, 3.63) is 12.4 Å². The fraction of sp³-hybridized carbons (Fsp3) is 0.941. The molecule has 0 amide bonds. The maximum atomic E-state index is 2.65. The molecule has 0 radical (unpaired) electrons. The van der Waals surface area contributed by atoms with E-state index in [9.17, 15) is 0 Å². The number of hydrogen-bond donors (Lipinski definition) is 0. The van der Waals surface area contributed by atoms with Crippen LogP contribution in [-0.4, -0.2) is 29.1 Å². The highest BCUT2D eigenvalue weighted by Crippen LogP contribution is 2.23. The first-order chi connectivity index (χ1) is 17.8. The molecule has 0 saturated heterocycles. The predicted molar refractivity (Wildman–Crippen MR) is 163 cm³/mol. The van der Waals surface area contributed by atoms with Gasteiger partial charge in [0.15, 0.2) is 0 Å². The molecule has 214 valence electrons. The zero-order chi connectivity index (χ0) is 25.9. The van der Waals surface area contributed by atoms with Crippen LogP contribution in [0.5, 0.6) is 0 Å². The van der Waals surface area contributed by atoms with Crippen LogP contribution in [0.3, 0.4) is 0 Å². The summed E-state index contributed by atoms with van der Waals surface area (Å²) in [5, 5.41) is 0. The Morgan fingerprint density at radius 2 is 0.722 bits per heavy atom. The molecule has 0 bridgehead atoms. The third kappa shape index (κ3) is 18.6. The first-order valence-electron chi connectivity index (χ1n) is 17.0. The van der Waals surface area contributed by atoms with Crippen LogP contribution in [0.25, 0.3) is 0 Å². The Kier molecular flexibility index (Phi) is 24.1. The smallest absolute Gasteiger partial charge is 0.101 e. The van der Waals surface area contributed by atoms with Gasteiger partial charge in [-0.25, -0.2) is 0 Å². The monoisotopic (exact) mass is 505 g/mol. The summed E-state index contributed by atoms with van der Waals surface area (Å²) < 4.78 is 0. The lowest BCUT2D eigenvalue weighted by molar-refractivity contribution is 0.142. The summed E-state index contributed by atoms with van der Waals surface area (Å²) in [6.07, 6.45) is 42.8. The van der Waals surface area contributed by atoms with Crippen LogP contribution in [0.15, 0.2) is 12.4 Å². The van der Waals surface area contributed by atoms with Crippen LogP contribution >= 0.6 is 0 Å². The molecule has 0 fully saturated rings. The zero-order valence-corrected chi connectivity index (χ0v) is 25.4. The van der Waals surface area contributed by atoms with Gasteiger partial charge in [-0.3, -0.25) is 0 Å². The van der Waals surface area contributed by atoms with Crippen molar-refractivity contribution < 1.29 is 0 Å². The predicted octanol–water partition coefficient (Wildman–Crippen LogP) is 11.6. The second-order valence-electron chi connectivity index (χ2n) is 11.8. The van der Waals surface area contributed by atoms with Gasteiger partial charge in [0.25, 0.3) is 0 Å². The van der Waals surface area contributed by atoms with Crippen molar-refractivity contribution in [2.45, 2.75) is 194 Å². The van der Waals surface area contributed by atoms with Crippen molar-refractivity contribution in [2.75, 3.05) is 13.1 Å². The summed E-state index contributed by atoms with van der Waals surface area (Å²) >= 11 is 0. The van der Waals surface area contributed by atoms with Gasteiger partial charge in [0.05, 0.1) is 0 Å². The van der Waals surface area contributed by atoms with Crippen LogP contribution in [0.4, 0.5) is 0 Å². The van der Waals surface area contributed by atoms with E-state index in [-0.39, 0.29) is 0 Å². The molecule has 2 heteroatoms. The summed E-state index contributed by atoms with van der Waals surface area (Å²) in [5.41, 5.74) is 0. The first kappa shape index (κ1) is 33.4. The molecule has 1 atom stereocenters. The van der Waals surface area contributed by atoms with Crippen LogP contribution < -0.4 is 0 Å². The van der Waals surface area contributed by atoms with Gasteiger partial charge in [-0.2, -0.15) is 0 Å². The van der Waals surface area contributed by atoms with Gasteiger partial charge < -0.3 is 9.80 Å². The van der Waals surface area contributed by atoms with E-state index in [1.807, 2.05) is 0 Å². The van der Waals surface area contributed by atoms with Gasteiger partial charge in [0.1, 0.15) is 6.17 Å². The largest absolute Gasteiger partial charge is 0.356 e. The number of unbranched alkanes of at least 4 members (excludes halogenated alkanes) is 23. The van der Waals surface area contributed by atoms with E-state index in [1.165, 1.54) is 173 Å². The third-order valence-corrected chi connectivity index (χ3v) is 8.42. The second-order valence-corrected chi connectivity index (χ2v) is 11.8. The highest BCUT2D eigenvalue weighted by atomic mass is 15.4. The van der Waals surface area contributed by atoms with Gasteiger partial charge in [0.2, 0.25) is 0 Å². The molecule has 1 unspecified atom stereocenters. The number of hydrogen-bond acceptors (Lipinski definition) is 2. The minimum Gasteiger partial charge on any atom is -0.356 e. The summed E-state index contributed by atoms with van der Waals surface area (Å²) in [5.74, 6) is 0. The number of rotatable bonds is 28. The lowest BCUT2D eigenvalue weighted by atomic mass is 10.0. The van der Waals surface area contributed by atoms with Crippen LogP contribution in [0.2, 0.25) is 0 Å². The Morgan fingerprint density at radius 1 is 0.389 bits per heavy atom. The van der Waals surface area contributed by atoms with Gasteiger partial charge in [-0.05, 0) is 26.2 Å². The zero-order valence-electron chi connectivity index (χ0n) is 25.4. The first-order valence-corrected chi connectivity index (χ1v) is 17.0. The molecule has 0 N–H and O–H groups in total. The molecule has 0 aromatic heterocycles. The van der Waals surface area contributed by atoms with E-state index in [0.29, 0.717) is 6.17 Å². The minimum atomic E-state index is 0.635. The van der Waals surface area contributed by atoms with Crippen LogP contribution in [-0.2, 0) is 0 Å². The van der Waals surface area contributed by atoms with E-state index in [2.05, 4.69) is 43.0 Å². The molecule has 1 aliphatic rings. The van der Waals surface area contributed by atoms with Gasteiger partial charge >= 0.3 is 0 Å². The molecule has 0 saturated carbocycles. The molecule has 0 aromatic carbocycles. The van der Waals surface area contributed by atoms with Crippen molar-refractivity contribution in [1.29, 1.82) is 0 Å². The van der Waals surface area contributed by atoms with Crippen molar-refractivity contribution in [3.63, 3.8) is 0 Å². The molecule has 0 aliphatic carbocycles. The molecular formula is C34H68N2. The third-order valence-electron chi connectivity index (χ3n) is 8.42. The Morgan fingerprint density at radius 3 is 1.11 bits per heavy atom. The Labute approximate surface area is 229 Å². The van der Waals surface area contributed by atoms with E-state index >= 15 is 0 Å². The maximum absolute atomic E-state index is 2.65. The van der Waals surface area contributed by atoms with E-state index < -0.39 is 0 Å². The van der Waals surface area contributed by atoms with Crippen molar-refractivity contribution in [1.82, 2.24) is 9.80 Å². The lowest BCUT2D eigenvalue weighted by Crippen LogP contribution is -2.38. The number of nitrogens with zero attached hydrogens (tertiary/aromatic N) is 2. The summed E-state index contributed by atoms with van der Waals surface area (Å²) in [6.45, 7) is 9.33. The van der Waals surface area contributed by atoms with Gasteiger partial charge in [-0.15, -0.1) is 0 Å². The average Bonchev–Trinajstić information content (AvgIpc) is 3.29. The topological polar surface area (TPSA) is 6.48 Å². The maximum Gasteiger partial charge on any atom is 0.101 e. The van der Waals surface area contributed by atoms with Crippen LogP contribution in [0.1, 0.15) is 188 Å². The molecule has 0 spiro atoms. The van der Waals surface area contributed by atoms with Crippen molar-refractivity contribution in [2.24, 2.45) is 0 Å². The van der Waals surface area contributed by atoms with Crippen molar-refractivity contribution >= 4 is 0 Å². The standard InChI is InChI=1S/C34H68N2/c1-4-7-9-11-13-15-17-18-19-20-21-22-24-26-28-30-34-35(6-3)32-33-36(34)31-29-27-25-23-16-14-12-10-8-5-2/h32-34H,4-31H2,1-3H3. The highest BCUT2D eigenvalue weighted by Gasteiger charge is 2.23. The second kappa shape index (κ2) is 26.0. The van der Waals surface area contributed by atoms with Crippen molar-refractivity contribution in [3.8, 4) is 0 Å². The molecular weight excluding hydrogens is 436 g/mol. The van der Waals surface area contributed by atoms with Gasteiger partial charge in [-0.1, -0.05) is 162 Å². The van der Waals surface area contributed by atoms with Gasteiger partial charge in [0, 0.05) is 25.5 Å².